The van der Waals surface area contributed by atoms with E-state index < -0.39 is 16.0 Å². The molecule has 0 saturated heterocycles. The van der Waals surface area contributed by atoms with Gasteiger partial charge in [-0.3, -0.25) is 9.71 Å². The lowest BCUT2D eigenvalue weighted by Gasteiger charge is -2.12. The SMILES string of the molecule is C=C(C=C(Cl)C=NC)Oc1ccc(NS(=O)(=O)c2ccc(Cl)cc2)cc1C(=O)O. The fourth-order valence-corrected chi connectivity index (χ4v) is 3.56. The molecule has 0 heterocycles. The number of sulfonamides is 1. The summed E-state index contributed by atoms with van der Waals surface area (Å²) in [5.41, 5.74) is -0.224. The maximum atomic E-state index is 12.5. The van der Waals surface area contributed by atoms with E-state index in [4.69, 9.17) is 27.9 Å². The number of hydrogen-bond acceptors (Lipinski definition) is 5. The highest BCUT2D eigenvalue weighted by molar-refractivity contribution is 7.92. The molecule has 0 bridgehead atoms. The van der Waals surface area contributed by atoms with Crippen molar-refractivity contribution in [3.05, 3.63) is 76.5 Å². The maximum absolute atomic E-state index is 12.5. The Morgan fingerprint density at radius 2 is 1.90 bits per heavy atom. The molecule has 2 N–H and O–H groups in total. The Hall–Kier alpha value is -2.81. The molecule has 0 aliphatic carbocycles. The van der Waals surface area contributed by atoms with E-state index in [9.17, 15) is 18.3 Å². The van der Waals surface area contributed by atoms with Crippen LogP contribution in [0.4, 0.5) is 5.69 Å². The first-order valence-corrected chi connectivity index (χ1v) is 10.2. The van der Waals surface area contributed by atoms with Gasteiger partial charge in [0.2, 0.25) is 0 Å². The highest BCUT2D eigenvalue weighted by atomic mass is 35.5. The van der Waals surface area contributed by atoms with Gasteiger partial charge in [-0.05, 0) is 42.5 Å². The van der Waals surface area contributed by atoms with Crippen LogP contribution in [0, 0.1) is 0 Å². The first-order valence-electron chi connectivity index (χ1n) is 7.94. The lowest BCUT2D eigenvalue weighted by molar-refractivity contribution is 0.0694. The molecule has 0 radical (unpaired) electrons. The number of rotatable bonds is 8. The quantitative estimate of drug-likeness (QED) is 0.345. The highest BCUT2D eigenvalue weighted by Gasteiger charge is 2.18. The van der Waals surface area contributed by atoms with Crippen molar-refractivity contribution < 1.29 is 23.1 Å². The number of nitrogens with one attached hydrogen (secondary N) is 1. The van der Waals surface area contributed by atoms with Gasteiger partial charge in [0.05, 0.1) is 9.93 Å². The average molecular weight is 455 g/mol. The first-order chi connectivity index (χ1) is 13.6. The van der Waals surface area contributed by atoms with Gasteiger partial charge in [0.1, 0.15) is 17.1 Å². The predicted molar refractivity (Wildman–Crippen MR) is 114 cm³/mol. The summed E-state index contributed by atoms with van der Waals surface area (Å²) in [6.07, 6.45) is 2.72. The van der Waals surface area contributed by atoms with Crippen LogP contribution in [-0.4, -0.2) is 32.8 Å². The zero-order valence-electron chi connectivity index (χ0n) is 15.1. The monoisotopic (exact) mass is 454 g/mol. The lowest BCUT2D eigenvalue weighted by atomic mass is 10.2. The van der Waals surface area contributed by atoms with Crippen molar-refractivity contribution in [1.29, 1.82) is 0 Å². The van der Waals surface area contributed by atoms with E-state index in [-0.39, 0.29) is 32.7 Å². The second-order valence-corrected chi connectivity index (χ2v) is 8.12. The fourth-order valence-electron chi connectivity index (χ4n) is 2.16. The summed E-state index contributed by atoms with van der Waals surface area (Å²) in [5, 5.41) is 10.1. The molecule has 2 aromatic carbocycles. The number of aliphatic imine (C=N–C) groups is 1. The van der Waals surface area contributed by atoms with Crippen LogP contribution in [0.1, 0.15) is 10.4 Å². The fraction of sp³-hybridized carbons (Fsp3) is 0.0526. The minimum Gasteiger partial charge on any atom is -0.478 e. The van der Waals surface area contributed by atoms with Crippen molar-refractivity contribution in [2.24, 2.45) is 4.99 Å². The van der Waals surface area contributed by atoms with Crippen molar-refractivity contribution in [3.8, 4) is 5.75 Å². The number of halogens is 2. The second-order valence-electron chi connectivity index (χ2n) is 5.56. The van der Waals surface area contributed by atoms with E-state index in [1.807, 2.05) is 0 Å². The third-order valence-corrected chi connectivity index (χ3v) is 5.23. The molecule has 10 heteroatoms. The Morgan fingerprint density at radius 1 is 1.24 bits per heavy atom. The number of ether oxygens (including phenoxy) is 1. The van der Waals surface area contributed by atoms with Gasteiger partial charge in [0.25, 0.3) is 10.0 Å². The van der Waals surface area contributed by atoms with E-state index in [0.29, 0.717) is 5.02 Å². The third kappa shape index (κ3) is 6.35. The molecule has 0 fully saturated rings. The Morgan fingerprint density at radius 3 is 2.48 bits per heavy atom. The van der Waals surface area contributed by atoms with Crippen LogP contribution < -0.4 is 9.46 Å². The molecule has 0 aliphatic heterocycles. The summed E-state index contributed by atoms with van der Waals surface area (Å²) in [6, 6.07) is 9.34. The molecule has 152 valence electrons. The third-order valence-electron chi connectivity index (χ3n) is 3.38. The number of carboxylic acids is 1. The number of nitrogens with zero attached hydrogens (tertiary/aromatic N) is 1. The molecule has 7 nitrogen and oxygen atoms in total. The van der Waals surface area contributed by atoms with Crippen molar-refractivity contribution in [1.82, 2.24) is 0 Å². The molecule has 2 aromatic rings. The summed E-state index contributed by atoms with van der Waals surface area (Å²) in [7, 11) is -2.40. The van der Waals surface area contributed by atoms with Crippen LogP contribution in [0.5, 0.6) is 5.75 Å². The number of hydrogen-bond donors (Lipinski definition) is 2. The standard InChI is InChI=1S/C19H16Cl2N2O5S/c1-12(9-14(21)11-22-2)28-18-8-5-15(10-17(18)19(24)25)23-29(26,27)16-6-3-13(20)4-7-16/h3-11,23H,1H2,2H3,(H,24,25). The van der Waals surface area contributed by atoms with Gasteiger partial charge in [-0.15, -0.1) is 0 Å². The van der Waals surface area contributed by atoms with Crippen molar-refractivity contribution in [3.63, 3.8) is 0 Å². The van der Waals surface area contributed by atoms with E-state index in [0.717, 1.165) is 6.07 Å². The van der Waals surface area contributed by atoms with Gasteiger partial charge in [0, 0.05) is 30.0 Å². The lowest BCUT2D eigenvalue weighted by Crippen LogP contribution is -2.13. The molecular weight excluding hydrogens is 439 g/mol. The number of carboxylic acid groups (broad SMARTS) is 1. The van der Waals surface area contributed by atoms with Crippen LogP contribution >= 0.6 is 23.2 Å². The Kier molecular flexibility index (Phi) is 7.44. The van der Waals surface area contributed by atoms with Gasteiger partial charge in [-0.1, -0.05) is 29.8 Å². The minimum atomic E-state index is -3.93. The normalized spacial score (nSPS) is 12.0. The van der Waals surface area contributed by atoms with Crippen molar-refractivity contribution >= 4 is 51.1 Å². The summed E-state index contributed by atoms with van der Waals surface area (Å²) in [4.78, 5) is 15.3. The molecular formula is C19H16Cl2N2O5S. The molecule has 0 atom stereocenters. The van der Waals surface area contributed by atoms with Gasteiger partial charge in [-0.25, -0.2) is 13.2 Å². The van der Waals surface area contributed by atoms with Crippen LogP contribution in [0.15, 0.2) is 75.8 Å². The number of carbonyl (C=O) groups is 1. The number of aromatic carboxylic acids is 1. The molecule has 0 amide bonds. The maximum Gasteiger partial charge on any atom is 0.339 e. The molecule has 0 unspecified atom stereocenters. The predicted octanol–water partition coefficient (Wildman–Crippen LogP) is 4.55. The summed E-state index contributed by atoms with van der Waals surface area (Å²) in [5.74, 6) is -1.27. The van der Waals surface area contributed by atoms with Crippen LogP contribution in [0.2, 0.25) is 5.02 Å². The molecule has 0 saturated carbocycles. The average Bonchev–Trinajstić information content (AvgIpc) is 2.63. The first kappa shape index (κ1) is 22.5. The summed E-state index contributed by atoms with van der Waals surface area (Å²) in [6.45, 7) is 3.64. The Labute approximate surface area is 178 Å². The molecule has 0 aromatic heterocycles. The smallest absolute Gasteiger partial charge is 0.339 e. The second kappa shape index (κ2) is 9.60. The van der Waals surface area contributed by atoms with E-state index in [1.54, 1.807) is 0 Å². The van der Waals surface area contributed by atoms with Gasteiger partial charge in [0.15, 0.2) is 0 Å². The van der Waals surface area contributed by atoms with Crippen molar-refractivity contribution in [2.45, 2.75) is 4.90 Å². The molecule has 0 aliphatic rings. The zero-order chi connectivity index (χ0) is 21.6. The van der Waals surface area contributed by atoms with Gasteiger partial charge < -0.3 is 9.84 Å². The Bertz CT molecular complexity index is 1090. The minimum absolute atomic E-state index is 0.0233. The summed E-state index contributed by atoms with van der Waals surface area (Å²) >= 11 is 11.6. The largest absolute Gasteiger partial charge is 0.478 e. The van der Waals surface area contributed by atoms with Crippen LogP contribution in [0.25, 0.3) is 0 Å². The molecule has 29 heavy (non-hydrogen) atoms. The summed E-state index contributed by atoms with van der Waals surface area (Å²) < 4.78 is 32.6. The molecule has 2 rings (SSSR count). The van der Waals surface area contributed by atoms with Crippen LogP contribution in [-0.2, 0) is 10.0 Å². The topological polar surface area (TPSA) is 105 Å². The van der Waals surface area contributed by atoms with E-state index >= 15 is 0 Å². The molecule has 0 spiro atoms. The van der Waals surface area contributed by atoms with Gasteiger partial charge >= 0.3 is 5.97 Å². The van der Waals surface area contributed by atoms with E-state index in [2.05, 4.69) is 16.3 Å². The van der Waals surface area contributed by atoms with Crippen LogP contribution in [0.3, 0.4) is 0 Å². The number of benzene rings is 2. The van der Waals surface area contributed by atoms with Gasteiger partial charge in [-0.2, -0.15) is 0 Å². The zero-order valence-corrected chi connectivity index (χ0v) is 17.4. The number of allylic oxidation sites excluding steroid dienone is 2. The van der Waals surface area contributed by atoms with E-state index in [1.165, 1.54) is 55.7 Å². The van der Waals surface area contributed by atoms with Crippen molar-refractivity contribution in [2.75, 3.05) is 11.8 Å². The Balaban J connectivity index is 2.29. The number of anilines is 1. The highest BCUT2D eigenvalue weighted by Crippen LogP contribution is 2.27.